The Morgan fingerprint density at radius 2 is 2.23 bits per heavy atom. The molecule has 3 rings (SSSR count). The highest BCUT2D eigenvalue weighted by Gasteiger charge is 2.19. The van der Waals surface area contributed by atoms with Gasteiger partial charge in [0, 0.05) is 37.4 Å². The Labute approximate surface area is 129 Å². The summed E-state index contributed by atoms with van der Waals surface area (Å²) in [5.41, 5.74) is 2.01. The zero-order chi connectivity index (χ0) is 15.5. The summed E-state index contributed by atoms with van der Waals surface area (Å²) in [4.78, 5) is 19.1. The zero-order valence-corrected chi connectivity index (χ0v) is 13.0. The standard InChI is InChI=1S/C15H21N5O2/c1-11-9-13(20-14(18-11)3-4-17-20)15(21)16-10-12(2)19-5-7-22-8-6-19/h3-4,9,12H,5-8,10H2,1-2H3,(H,16,21)/t12-/m0/s1. The van der Waals surface area contributed by atoms with Gasteiger partial charge in [0.25, 0.3) is 5.91 Å². The molecule has 1 saturated heterocycles. The fraction of sp³-hybridized carbons (Fsp3) is 0.533. The van der Waals surface area contributed by atoms with Gasteiger partial charge >= 0.3 is 0 Å². The van der Waals surface area contributed by atoms with Gasteiger partial charge < -0.3 is 10.1 Å². The van der Waals surface area contributed by atoms with E-state index in [4.69, 9.17) is 4.74 Å². The van der Waals surface area contributed by atoms with Crippen molar-refractivity contribution < 1.29 is 9.53 Å². The molecule has 0 spiro atoms. The number of aryl methyl sites for hydroxylation is 1. The van der Waals surface area contributed by atoms with E-state index in [0.29, 0.717) is 17.9 Å². The molecule has 118 valence electrons. The zero-order valence-electron chi connectivity index (χ0n) is 13.0. The first-order chi connectivity index (χ1) is 10.6. The summed E-state index contributed by atoms with van der Waals surface area (Å²) in [5, 5.41) is 7.16. The summed E-state index contributed by atoms with van der Waals surface area (Å²) in [6, 6.07) is 3.83. The van der Waals surface area contributed by atoms with Crippen LogP contribution in [0.3, 0.4) is 0 Å². The van der Waals surface area contributed by atoms with E-state index in [0.717, 1.165) is 32.0 Å². The lowest BCUT2D eigenvalue weighted by molar-refractivity contribution is 0.0204. The molecule has 1 amide bonds. The van der Waals surface area contributed by atoms with Crippen LogP contribution in [0.1, 0.15) is 23.1 Å². The van der Waals surface area contributed by atoms with Gasteiger partial charge in [0.15, 0.2) is 5.65 Å². The van der Waals surface area contributed by atoms with Gasteiger partial charge in [0.05, 0.1) is 19.4 Å². The van der Waals surface area contributed by atoms with Gasteiger partial charge in [-0.3, -0.25) is 9.69 Å². The van der Waals surface area contributed by atoms with Crippen LogP contribution < -0.4 is 5.32 Å². The predicted molar refractivity (Wildman–Crippen MR) is 81.9 cm³/mol. The molecule has 0 unspecified atom stereocenters. The summed E-state index contributed by atoms with van der Waals surface area (Å²) in [7, 11) is 0. The number of amides is 1. The largest absolute Gasteiger partial charge is 0.379 e. The molecule has 0 saturated carbocycles. The highest BCUT2D eigenvalue weighted by molar-refractivity contribution is 5.93. The number of carbonyl (C=O) groups excluding carboxylic acids is 1. The Kier molecular flexibility index (Phi) is 4.35. The molecule has 2 aromatic heterocycles. The van der Waals surface area contributed by atoms with E-state index in [1.165, 1.54) is 0 Å². The van der Waals surface area contributed by atoms with Crippen LogP contribution in [-0.4, -0.2) is 64.3 Å². The van der Waals surface area contributed by atoms with Crippen molar-refractivity contribution in [1.29, 1.82) is 0 Å². The highest BCUT2D eigenvalue weighted by atomic mass is 16.5. The summed E-state index contributed by atoms with van der Waals surface area (Å²) in [5.74, 6) is -0.126. The number of ether oxygens (including phenoxy) is 1. The molecule has 0 aromatic carbocycles. The molecule has 22 heavy (non-hydrogen) atoms. The molecule has 0 aliphatic carbocycles. The summed E-state index contributed by atoms with van der Waals surface area (Å²) >= 11 is 0. The third-order valence-electron chi connectivity index (χ3n) is 3.95. The number of aromatic nitrogens is 3. The van der Waals surface area contributed by atoms with Gasteiger partial charge in [0.1, 0.15) is 5.69 Å². The average molecular weight is 303 g/mol. The molecule has 1 aliphatic heterocycles. The third kappa shape index (κ3) is 3.10. The van der Waals surface area contributed by atoms with Crippen LogP contribution in [0.15, 0.2) is 18.3 Å². The second-order valence-electron chi connectivity index (χ2n) is 5.59. The summed E-state index contributed by atoms with van der Waals surface area (Å²) < 4.78 is 6.92. The number of hydrogen-bond donors (Lipinski definition) is 1. The van der Waals surface area contributed by atoms with Crippen molar-refractivity contribution in [3.63, 3.8) is 0 Å². The van der Waals surface area contributed by atoms with Crippen LogP contribution in [0.25, 0.3) is 5.65 Å². The first-order valence-electron chi connectivity index (χ1n) is 7.56. The van der Waals surface area contributed by atoms with Crippen molar-refractivity contribution in [2.24, 2.45) is 0 Å². The smallest absolute Gasteiger partial charge is 0.270 e. The Balaban J connectivity index is 1.67. The fourth-order valence-corrected chi connectivity index (χ4v) is 2.68. The van der Waals surface area contributed by atoms with Gasteiger partial charge in [0.2, 0.25) is 0 Å². The molecular weight excluding hydrogens is 282 g/mol. The second-order valence-corrected chi connectivity index (χ2v) is 5.59. The minimum Gasteiger partial charge on any atom is -0.379 e. The van der Waals surface area contributed by atoms with Crippen LogP contribution in [0.4, 0.5) is 0 Å². The Morgan fingerprint density at radius 3 is 3.00 bits per heavy atom. The minimum absolute atomic E-state index is 0.126. The number of fused-ring (bicyclic) bond motifs is 1. The van der Waals surface area contributed by atoms with Gasteiger partial charge in [-0.15, -0.1) is 0 Å². The molecule has 0 bridgehead atoms. The van der Waals surface area contributed by atoms with E-state index < -0.39 is 0 Å². The van der Waals surface area contributed by atoms with Crippen molar-refractivity contribution >= 4 is 11.6 Å². The highest BCUT2D eigenvalue weighted by Crippen LogP contribution is 2.07. The maximum absolute atomic E-state index is 12.5. The van der Waals surface area contributed by atoms with Crippen molar-refractivity contribution in [2.75, 3.05) is 32.8 Å². The molecule has 3 heterocycles. The summed E-state index contributed by atoms with van der Waals surface area (Å²) in [6.45, 7) is 7.94. The Morgan fingerprint density at radius 1 is 1.45 bits per heavy atom. The lowest BCUT2D eigenvalue weighted by atomic mass is 10.2. The number of rotatable bonds is 4. The van der Waals surface area contributed by atoms with Crippen molar-refractivity contribution in [2.45, 2.75) is 19.9 Å². The molecule has 7 nitrogen and oxygen atoms in total. The second kappa shape index (κ2) is 6.41. The first-order valence-corrected chi connectivity index (χ1v) is 7.56. The van der Waals surface area contributed by atoms with Crippen LogP contribution >= 0.6 is 0 Å². The van der Waals surface area contributed by atoms with Crippen LogP contribution in [0.2, 0.25) is 0 Å². The van der Waals surface area contributed by atoms with E-state index in [9.17, 15) is 4.79 Å². The number of hydrogen-bond acceptors (Lipinski definition) is 5. The monoisotopic (exact) mass is 303 g/mol. The minimum atomic E-state index is -0.126. The van der Waals surface area contributed by atoms with Crippen molar-refractivity contribution in [3.8, 4) is 0 Å². The first kappa shape index (κ1) is 14.9. The number of nitrogens with one attached hydrogen (secondary N) is 1. The van der Waals surface area contributed by atoms with E-state index in [1.54, 1.807) is 22.8 Å². The van der Waals surface area contributed by atoms with Gasteiger partial charge in [-0.05, 0) is 19.9 Å². The molecule has 1 aliphatic rings. The van der Waals surface area contributed by atoms with E-state index in [1.807, 2.05) is 6.92 Å². The predicted octanol–water partition coefficient (Wildman–Crippen LogP) is 0.488. The topological polar surface area (TPSA) is 71.8 Å². The lowest BCUT2D eigenvalue weighted by Crippen LogP contribution is -2.47. The third-order valence-corrected chi connectivity index (χ3v) is 3.95. The molecule has 0 radical (unpaired) electrons. The molecular formula is C15H21N5O2. The van der Waals surface area contributed by atoms with Crippen molar-refractivity contribution in [1.82, 2.24) is 24.8 Å². The molecule has 1 atom stereocenters. The van der Waals surface area contributed by atoms with Gasteiger partial charge in [-0.2, -0.15) is 5.10 Å². The van der Waals surface area contributed by atoms with Crippen LogP contribution in [-0.2, 0) is 4.74 Å². The number of nitrogens with zero attached hydrogens (tertiary/aromatic N) is 4. The van der Waals surface area contributed by atoms with Crippen LogP contribution in [0, 0.1) is 6.92 Å². The van der Waals surface area contributed by atoms with Crippen LogP contribution in [0.5, 0.6) is 0 Å². The Bertz CT molecular complexity index is 663. The molecule has 1 N–H and O–H groups in total. The average Bonchev–Trinajstić information content (AvgIpc) is 3.00. The molecule has 2 aromatic rings. The molecule has 7 heteroatoms. The van der Waals surface area contributed by atoms with Gasteiger partial charge in [-0.1, -0.05) is 0 Å². The quantitative estimate of drug-likeness (QED) is 0.890. The number of carbonyl (C=O) groups is 1. The van der Waals surface area contributed by atoms with Crippen molar-refractivity contribution in [3.05, 3.63) is 29.7 Å². The maximum Gasteiger partial charge on any atom is 0.270 e. The SMILES string of the molecule is Cc1cc(C(=O)NC[C@H](C)N2CCOCC2)n2nccc2n1. The molecule has 1 fully saturated rings. The van der Waals surface area contributed by atoms with E-state index in [2.05, 4.69) is 27.2 Å². The van der Waals surface area contributed by atoms with Gasteiger partial charge in [-0.25, -0.2) is 9.50 Å². The number of morpholine rings is 1. The fourth-order valence-electron chi connectivity index (χ4n) is 2.68. The maximum atomic E-state index is 12.5. The summed E-state index contributed by atoms with van der Waals surface area (Å²) in [6.07, 6.45) is 1.65. The Hall–Kier alpha value is -1.99. The normalized spacial score (nSPS) is 17.5. The lowest BCUT2D eigenvalue weighted by Gasteiger charge is -2.32. The van der Waals surface area contributed by atoms with E-state index in [-0.39, 0.29) is 11.9 Å². The van der Waals surface area contributed by atoms with E-state index >= 15 is 0 Å².